The number of H-pyrrole nitrogens is 1. The van der Waals surface area contributed by atoms with Crippen LogP contribution in [0.2, 0.25) is 0 Å². The first-order valence-electron chi connectivity index (χ1n) is 6.67. The summed E-state index contributed by atoms with van der Waals surface area (Å²) in [6.07, 6.45) is 0.179. The van der Waals surface area contributed by atoms with Gasteiger partial charge in [0.25, 0.3) is 0 Å². The Morgan fingerprint density at radius 1 is 1.35 bits per heavy atom. The molecule has 0 aliphatic heterocycles. The van der Waals surface area contributed by atoms with Crippen LogP contribution < -0.4 is 5.69 Å². The molecule has 0 saturated carbocycles. The van der Waals surface area contributed by atoms with Gasteiger partial charge in [0.15, 0.2) is 0 Å². The van der Waals surface area contributed by atoms with Gasteiger partial charge in [0.2, 0.25) is 0 Å². The van der Waals surface area contributed by atoms with Gasteiger partial charge in [0.1, 0.15) is 5.60 Å². The molecule has 2 aromatic rings. The summed E-state index contributed by atoms with van der Waals surface area (Å²) in [5.41, 5.74) is 1.97. The number of carbonyl (C=O) groups excluding carboxylic acids is 1. The Bertz CT molecular complexity index is 689. The lowest BCUT2D eigenvalue weighted by molar-refractivity contribution is -0.155. The summed E-state index contributed by atoms with van der Waals surface area (Å²) >= 11 is 0. The van der Waals surface area contributed by atoms with Gasteiger partial charge in [-0.3, -0.25) is 9.36 Å². The summed E-state index contributed by atoms with van der Waals surface area (Å²) < 4.78 is 6.82. The van der Waals surface area contributed by atoms with Gasteiger partial charge < -0.3 is 9.72 Å². The van der Waals surface area contributed by atoms with E-state index in [2.05, 4.69) is 4.98 Å². The molecule has 5 nitrogen and oxygen atoms in total. The molecule has 0 unspecified atom stereocenters. The number of nitrogens with one attached hydrogen (secondary N) is 1. The number of carbonyl (C=O) groups is 1. The van der Waals surface area contributed by atoms with E-state index >= 15 is 0 Å². The first-order chi connectivity index (χ1) is 9.26. The Morgan fingerprint density at radius 2 is 2.05 bits per heavy atom. The van der Waals surface area contributed by atoms with E-state index in [0.29, 0.717) is 6.54 Å². The summed E-state index contributed by atoms with van der Waals surface area (Å²) in [7, 11) is 0. The molecule has 1 aromatic carbocycles. The van der Waals surface area contributed by atoms with E-state index < -0.39 is 5.60 Å². The highest BCUT2D eigenvalue weighted by atomic mass is 16.6. The molecule has 5 heteroatoms. The van der Waals surface area contributed by atoms with Crippen molar-refractivity contribution in [2.24, 2.45) is 0 Å². The number of nitrogens with zero attached hydrogens (tertiary/aromatic N) is 1. The lowest BCUT2D eigenvalue weighted by Crippen LogP contribution is -2.26. The zero-order chi connectivity index (χ0) is 14.9. The molecule has 0 spiro atoms. The van der Waals surface area contributed by atoms with E-state index in [1.165, 1.54) is 0 Å². The van der Waals surface area contributed by atoms with Crippen LogP contribution in [0.3, 0.4) is 0 Å². The van der Waals surface area contributed by atoms with E-state index in [0.717, 1.165) is 16.6 Å². The van der Waals surface area contributed by atoms with Crippen molar-refractivity contribution in [3.63, 3.8) is 0 Å². The lowest BCUT2D eigenvalue weighted by atomic mass is 10.2. The van der Waals surface area contributed by atoms with Crippen LogP contribution in [0, 0.1) is 6.92 Å². The van der Waals surface area contributed by atoms with Gasteiger partial charge in [0.05, 0.1) is 17.5 Å². The molecule has 1 heterocycles. The molecule has 0 bridgehead atoms. The number of aryl methyl sites for hydroxylation is 2. The van der Waals surface area contributed by atoms with Crippen LogP contribution in [0.15, 0.2) is 23.0 Å². The third-order valence-electron chi connectivity index (χ3n) is 2.89. The minimum absolute atomic E-state index is 0.179. The molecule has 1 N–H and O–H groups in total. The van der Waals surface area contributed by atoms with Crippen LogP contribution in [0.4, 0.5) is 0 Å². The topological polar surface area (TPSA) is 64.1 Å². The predicted octanol–water partition coefficient (Wildman–Crippen LogP) is 2.37. The smallest absolute Gasteiger partial charge is 0.326 e. The molecule has 2 rings (SSSR count). The van der Waals surface area contributed by atoms with Crippen LogP contribution in [-0.4, -0.2) is 21.1 Å². The monoisotopic (exact) mass is 276 g/mol. The number of ether oxygens (including phenoxy) is 1. The first kappa shape index (κ1) is 14.4. The molecule has 1 aromatic heterocycles. The molecule has 20 heavy (non-hydrogen) atoms. The molecule has 0 aliphatic rings. The van der Waals surface area contributed by atoms with E-state index in [4.69, 9.17) is 4.74 Å². The zero-order valence-corrected chi connectivity index (χ0v) is 12.3. The number of benzene rings is 1. The number of fused-ring (bicyclic) bond motifs is 1. The van der Waals surface area contributed by atoms with Gasteiger partial charge in [-0.1, -0.05) is 6.07 Å². The number of imidazole rings is 1. The fourth-order valence-electron chi connectivity index (χ4n) is 2.08. The first-order valence-corrected chi connectivity index (χ1v) is 6.67. The average Bonchev–Trinajstić information content (AvgIpc) is 2.59. The van der Waals surface area contributed by atoms with Crippen LogP contribution >= 0.6 is 0 Å². The van der Waals surface area contributed by atoms with Gasteiger partial charge in [-0.15, -0.1) is 0 Å². The molecule has 0 amide bonds. The van der Waals surface area contributed by atoms with Crippen molar-refractivity contribution in [3.05, 3.63) is 34.2 Å². The van der Waals surface area contributed by atoms with E-state index in [1.54, 1.807) is 4.57 Å². The number of hydrogen-bond donors (Lipinski definition) is 1. The highest BCUT2D eigenvalue weighted by Crippen LogP contribution is 2.13. The van der Waals surface area contributed by atoms with Crippen molar-refractivity contribution < 1.29 is 9.53 Å². The molecule has 0 atom stereocenters. The van der Waals surface area contributed by atoms with E-state index in [1.807, 2.05) is 45.9 Å². The van der Waals surface area contributed by atoms with Gasteiger partial charge in [-0.05, 0) is 45.4 Å². The fraction of sp³-hybridized carbons (Fsp3) is 0.467. The van der Waals surface area contributed by atoms with Crippen LogP contribution in [0.25, 0.3) is 11.0 Å². The third kappa shape index (κ3) is 3.29. The lowest BCUT2D eigenvalue weighted by Gasteiger charge is -2.19. The third-order valence-corrected chi connectivity index (χ3v) is 2.89. The minimum Gasteiger partial charge on any atom is -0.460 e. The maximum Gasteiger partial charge on any atom is 0.326 e. The Balaban J connectivity index is 2.18. The second kappa shape index (κ2) is 5.15. The van der Waals surface area contributed by atoms with Crippen molar-refractivity contribution in [1.29, 1.82) is 0 Å². The summed E-state index contributed by atoms with van der Waals surface area (Å²) in [5, 5.41) is 0. The Kier molecular flexibility index (Phi) is 3.70. The second-order valence-corrected chi connectivity index (χ2v) is 5.94. The van der Waals surface area contributed by atoms with Crippen molar-refractivity contribution in [3.8, 4) is 0 Å². The van der Waals surface area contributed by atoms with E-state index in [9.17, 15) is 9.59 Å². The predicted molar refractivity (Wildman–Crippen MR) is 77.8 cm³/mol. The highest BCUT2D eigenvalue weighted by molar-refractivity contribution is 5.76. The van der Waals surface area contributed by atoms with Gasteiger partial charge >= 0.3 is 11.7 Å². The van der Waals surface area contributed by atoms with Gasteiger partial charge in [-0.25, -0.2) is 4.79 Å². The van der Waals surface area contributed by atoms with Crippen LogP contribution in [0.1, 0.15) is 32.8 Å². The Morgan fingerprint density at radius 3 is 2.70 bits per heavy atom. The van der Waals surface area contributed by atoms with Crippen LogP contribution in [0.5, 0.6) is 0 Å². The summed E-state index contributed by atoms with van der Waals surface area (Å²) in [4.78, 5) is 26.4. The molecular formula is C15H20N2O3. The second-order valence-electron chi connectivity index (χ2n) is 5.94. The number of aromatic amines is 1. The molecule has 0 fully saturated rings. The largest absolute Gasteiger partial charge is 0.460 e. The molecule has 108 valence electrons. The SMILES string of the molecule is Cc1ccc2[nH]c(=O)n(CCC(=O)OC(C)(C)C)c2c1. The standard InChI is InChI=1S/C15H20N2O3/c1-10-5-6-11-12(9-10)17(14(19)16-11)8-7-13(18)20-15(2,3)4/h5-6,9H,7-8H2,1-4H3,(H,16,19). The maximum absolute atomic E-state index is 11.9. The number of rotatable bonds is 3. The Labute approximate surface area is 117 Å². The van der Waals surface area contributed by atoms with Crippen molar-refractivity contribution in [2.45, 2.75) is 46.3 Å². The molecule has 0 saturated heterocycles. The van der Waals surface area contributed by atoms with Crippen molar-refractivity contribution in [1.82, 2.24) is 9.55 Å². The Hall–Kier alpha value is -2.04. The summed E-state index contributed by atoms with van der Waals surface area (Å²) in [6.45, 7) is 7.76. The minimum atomic E-state index is -0.501. The van der Waals surface area contributed by atoms with Crippen LogP contribution in [-0.2, 0) is 16.1 Å². The van der Waals surface area contributed by atoms with Gasteiger partial charge in [-0.2, -0.15) is 0 Å². The number of hydrogen-bond acceptors (Lipinski definition) is 3. The number of aromatic nitrogens is 2. The quantitative estimate of drug-likeness (QED) is 0.875. The van der Waals surface area contributed by atoms with Crippen molar-refractivity contribution >= 4 is 17.0 Å². The van der Waals surface area contributed by atoms with Crippen molar-refractivity contribution in [2.75, 3.05) is 0 Å². The molecule has 0 aliphatic carbocycles. The normalized spacial score (nSPS) is 11.8. The maximum atomic E-state index is 11.9. The summed E-state index contributed by atoms with van der Waals surface area (Å²) in [5.74, 6) is -0.300. The fourth-order valence-corrected chi connectivity index (χ4v) is 2.08. The van der Waals surface area contributed by atoms with Gasteiger partial charge in [0, 0.05) is 6.54 Å². The number of esters is 1. The van der Waals surface area contributed by atoms with E-state index in [-0.39, 0.29) is 18.1 Å². The molecule has 0 radical (unpaired) electrons. The average molecular weight is 276 g/mol. The summed E-state index contributed by atoms with van der Waals surface area (Å²) in [6, 6.07) is 5.74. The highest BCUT2D eigenvalue weighted by Gasteiger charge is 2.17. The molecular weight excluding hydrogens is 256 g/mol. The zero-order valence-electron chi connectivity index (χ0n) is 12.3.